The van der Waals surface area contributed by atoms with Gasteiger partial charge in [0.25, 0.3) is 0 Å². The third kappa shape index (κ3) is 1.45. The molecule has 0 amide bonds. The molecule has 1 aromatic rings. The van der Waals surface area contributed by atoms with Gasteiger partial charge in [0.05, 0.1) is 0 Å². The van der Waals surface area contributed by atoms with E-state index in [0.29, 0.717) is 5.41 Å². The molecule has 1 N–H and O–H groups in total. The minimum absolute atomic E-state index is 0.477. The second kappa shape index (κ2) is 3.74. The molecular formula is C16H22N2. The summed E-state index contributed by atoms with van der Waals surface area (Å²) in [6, 6.07) is 5.05. The predicted molar refractivity (Wildman–Crippen MR) is 75.5 cm³/mol. The molecule has 1 saturated carbocycles. The molecular weight excluding hydrogens is 220 g/mol. The maximum Gasteiger partial charge on any atom is 0.0432 e. The van der Waals surface area contributed by atoms with Gasteiger partial charge in [0, 0.05) is 30.7 Å². The van der Waals surface area contributed by atoms with Crippen LogP contribution in [-0.4, -0.2) is 26.7 Å². The number of hydrogen-bond donors (Lipinski definition) is 1. The van der Waals surface area contributed by atoms with Crippen LogP contribution in [0.5, 0.6) is 0 Å². The van der Waals surface area contributed by atoms with E-state index in [4.69, 9.17) is 0 Å². The number of likely N-dealkylation sites (N-methyl/N-ethyl adjacent to an activating group) is 1. The van der Waals surface area contributed by atoms with Gasteiger partial charge < -0.3 is 10.2 Å². The van der Waals surface area contributed by atoms with E-state index in [0.717, 1.165) is 6.54 Å². The first-order chi connectivity index (χ1) is 8.82. The Hall–Kier alpha value is -1.02. The highest BCUT2D eigenvalue weighted by Gasteiger charge is 2.44. The van der Waals surface area contributed by atoms with Gasteiger partial charge in [0.15, 0.2) is 0 Å². The number of anilines is 1. The van der Waals surface area contributed by atoms with Gasteiger partial charge in [-0.1, -0.05) is 12.1 Å². The van der Waals surface area contributed by atoms with Crippen molar-refractivity contribution in [1.29, 1.82) is 0 Å². The van der Waals surface area contributed by atoms with Crippen molar-refractivity contribution >= 4 is 5.69 Å². The minimum Gasteiger partial charge on any atom is -0.371 e. The van der Waals surface area contributed by atoms with Crippen LogP contribution in [0.15, 0.2) is 12.1 Å². The summed E-state index contributed by atoms with van der Waals surface area (Å²) in [4.78, 5) is 2.61. The number of hydrogen-bond acceptors (Lipinski definition) is 2. The molecule has 2 heteroatoms. The second-order valence-corrected chi connectivity index (χ2v) is 6.29. The molecule has 0 atom stereocenters. The Kier molecular flexibility index (Phi) is 2.25. The lowest BCUT2D eigenvalue weighted by Crippen LogP contribution is -2.27. The Morgan fingerprint density at radius 2 is 1.94 bits per heavy atom. The van der Waals surface area contributed by atoms with Gasteiger partial charge in [-0.3, -0.25) is 0 Å². The highest BCUT2D eigenvalue weighted by atomic mass is 15.2. The summed E-state index contributed by atoms with van der Waals surface area (Å²) in [6.07, 6.45) is 6.65. The van der Waals surface area contributed by atoms with Crippen LogP contribution in [0.1, 0.15) is 36.0 Å². The fourth-order valence-electron chi connectivity index (χ4n) is 3.96. The summed E-state index contributed by atoms with van der Waals surface area (Å²) in [7, 11) is 2.08. The van der Waals surface area contributed by atoms with Gasteiger partial charge in [0.1, 0.15) is 0 Å². The van der Waals surface area contributed by atoms with Gasteiger partial charge in [-0.2, -0.15) is 0 Å². The van der Waals surface area contributed by atoms with Crippen molar-refractivity contribution in [2.45, 2.75) is 37.5 Å². The quantitative estimate of drug-likeness (QED) is 0.874. The highest BCUT2D eigenvalue weighted by molar-refractivity contribution is 5.66. The van der Waals surface area contributed by atoms with E-state index in [1.165, 1.54) is 45.2 Å². The van der Waals surface area contributed by atoms with Crippen LogP contribution in [-0.2, 0) is 18.3 Å². The van der Waals surface area contributed by atoms with Crippen LogP contribution in [0.2, 0.25) is 0 Å². The summed E-state index contributed by atoms with van der Waals surface area (Å²) in [5, 5.41) is 3.39. The molecule has 1 aromatic carbocycles. The molecule has 0 saturated heterocycles. The summed E-state index contributed by atoms with van der Waals surface area (Å²) < 4.78 is 0. The molecule has 2 nitrogen and oxygen atoms in total. The van der Waals surface area contributed by atoms with Crippen LogP contribution < -0.4 is 10.2 Å². The summed E-state index contributed by atoms with van der Waals surface area (Å²) >= 11 is 0. The van der Waals surface area contributed by atoms with Gasteiger partial charge in [-0.25, -0.2) is 0 Å². The van der Waals surface area contributed by atoms with E-state index >= 15 is 0 Å². The number of rotatable bonds is 3. The third-order valence-electron chi connectivity index (χ3n) is 5.09. The van der Waals surface area contributed by atoms with Crippen LogP contribution in [0.25, 0.3) is 0 Å². The van der Waals surface area contributed by atoms with E-state index in [1.807, 2.05) is 0 Å². The number of nitrogens with zero attached hydrogens (tertiary/aromatic N) is 1. The molecule has 96 valence electrons. The Labute approximate surface area is 109 Å². The van der Waals surface area contributed by atoms with Gasteiger partial charge >= 0.3 is 0 Å². The Morgan fingerprint density at radius 3 is 2.67 bits per heavy atom. The average Bonchev–Trinajstić information content (AvgIpc) is 3.06. The van der Waals surface area contributed by atoms with Crippen LogP contribution in [0.4, 0.5) is 5.69 Å². The van der Waals surface area contributed by atoms with E-state index < -0.39 is 0 Å². The lowest BCUT2D eigenvalue weighted by atomic mass is 9.89. The van der Waals surface area contributed by atoms with Crippen LogP contribution >= 0.6 is 0 Å². The first kappa shape index (κ1) is 10.9. The van der Waals surface area contributed by atoms with Crippen LogP contribution in [0, 0.1) is 0 Å². The predicted octanol–water partition coefficient (Wildman–Crippen LogP) is 2.25. The molecule has 3 aliphatic rings. The SMILES string of the molecule is CNCC1(c2cc3c4c(c2)CCN4CCC3)CC1. The Bertz CT molecular complexity index is 488. The zero-order chi connectivity index (χ0) is 12.2. The zero-order valence-corrected chi connectivity index (χ0v) is 11.3. The zero-order valence-electron chi connectivity index (χ0n) is 11.3. The lowest BCUT2D eigenvalue weighted by Gasteiger charge is -2.28. The largest absolute Gasteiger partial charge is 0.371 e. The highest BCUT2D eigenvalue weighted by Crippen LogP contribution is 2.50. The molecule has 0 radical (unpaired) electrons. The first-order valence-corrected chi connectivity index (χ1v) is 7.38. The number of aryl methyl sites for hydroxylation is 1. The summed E-state index contributed by atoms with van der Waals surface area (Å²) in [5.74, 6) is 0. The fourth-order valence-corrected chi connectivity index (χ4v) is 3.96. The molecule has 4 rings (SSSR count). The topological polar surface area (TPSA) is 15.3 Å². The maximum atomic E-state index is 3.39. The average molecular weight is 242 g/mol. The van der Waals surface area contributed by atoms with Gasteiger partial charge in [-0.05, 0) is 55.8 Å². The molecule has 0 aromatic heterocycles. The number of nitrogens with one attached hydrogen (secondary N) is 1. The molecule has 0 spiro atoms. The van der Waals surface area contributed by atoms with Crippen molar-refractivity contribution < 1.29 is 0 Å². The van der Waals surface area contributed by atoms with Crippen molar-refractivity contribution in [2.24, 2.45) is 0 Å². The van der Waals surface area contributed by atoms with Gasteiger partial charge in [0.2, 0.25) is 0 Å². The molecule has 0 bridgehead atoms. The van der Waals surface area contributed by atoms with E-state index in [9.17, 15) is 0 Å². The first-order valence-electron chi connectivity index (χ1n) is 7.38. The molecule has 1 aliphatic carbocycles. The maximum absolute atomic E-state index is 3.39. The van der Waals surface area contributed by atoms with Gasteiger partial charge in [-0.15, -0.1) is 0 Å². The minimum atomic E-state index is 0.477. The molecule has 2 heterocycles. The van der Waals surface area contributed by atoms with Crippen molar-refractivity contribution in [1.82, 2.24) is 5.32 Å². The second-order valence-electron chi connectivity index (χ2n) is 6.29. The van der Waals surface area contributed by atoms with E-state index in [2.05, 4.69) is 29.4 Å². The Morgan fingerprint density at radius 1 is 1.17 bits per heavy atom. The van der Waals surface area contributed by atoms with E-state index in [1.54, 1.807) is 22.4 Å². The molecule has 2 aliphatic heterocycles. The Balaban J connectivity index is 1.79. The van der Waals surface area contributed by atoms with Crippen LogP contribution in [0.3, 0.4) is 0 Å². The van der Waals surface area contributed by atoms with Crippen molar-refractivity contribution in [2.75, 3.05) is 31.6 Å². The molecule has 18 heavy (non-hydrogen) atoms. The van der Waals surface area contributed by atoms with Crippen molar-refractivity contribution in [3.8, 4) is 0 Å². The smallest absolute Gasteiger partial charge is 0.0432 e. The monoisotopic (exact) mass is 242 g/mol. The molecule has 0 unspecified atom stereocenters. The van der Waals surface area contributed by atoms with E-state index in [-0.39, 0.29) is 0 Å². The standard InChI is InChI=1S/C16H22N2/c1-17-11-16(5-6-16)14-9-12-3-2-7-18-8-4-13(10-14)15(12)18/h9-10,17H,2-8,11H2,1H3. The third-order valence-corrected chi connectivity index (χ3v) is 5.09. The van der Waals surface area contributed by atoms with Crippen molar-refractivity contribution in [3.63, 3.8) is 0 Å². The lowest BCUT2D eigenvalue weighted by molar-refractivity contribution is 0.622. The number of benzene rings is 1. The summed E-state index contributed by atoms with van der Waals surface area (Å²) in [6.45, 7) is 3.68. The van der Waals surface area contributed by atoms with Crippen molar-refractivity contribution in [3.05, 3.63) is 28.8 Å². The normalized spacial score (nSPS) is 23.1. The molecule has 1 fully saturated rings. The summed E-state index contributed by atoms with van der Waals surface area (Å²) in [5.41, 5.74) is 6.96. The fraction of sp³-hybridized carbons (Fsp3) is 0.625.